The lowest BCUT2D eigenvalue weighted by atomic mass is 10.1. The molecule has 0 fully saturated rings. The third-order valence-corrected chi connectivity index (χ3v) is 4.01. The van der Waals surface area contributed by atoms with Crippen molar-refractivity contribution in [1.82, 2.24) is 14.4 Å². The van der Waals surface area contributed by atoms with Gasteiger partial charge in [0, 0.05) is 37.4 Å². The fraction of sp³-hybridized carbons (Fsp3) is 0.316. The number of carbonyl (C=O) groups is 1. The number of fused-ring (bicyclic) bond motifs is 1. The van der Waals surface area contributed by atoms with Crippen molar-refractivity contribution >= 4 is 11.4 Å². The summed E-state index contributed by atoms with van der Waals surface area (Å²) in [6.07, 6.45) is -0.337. The molecule has 0 aliphatic rings. The average molecular weight is 395 g/mol. The molecule has 0 saturated carbocycles. The molecule has 0 saturated heterocycles. The molecule has 148 valence electrons. The summed E-state index contributed by atoms with van der Waals surface area (Å²) < 4.78 is 59.6. The van der Waals surface area contributed by atoms with Gasteiger partial charge < -0.3 is 9.14 Å². The first-order valence-corrected chi connectivity index (χ1v) is 8.50. The molecular formula is C19H17F4N3O2. The molecule has 0 atom stereocenters. The van der Waals surface area contributed by atoms with E-state index in [0.717, 1.165) is 13.0 Å². The van der Waals surface area contributed by atoms with Crippen LogP contribution in [0.4, 0.5) is 17.6 Å². The largest absolute Gasteiger partial charge is 0.493 e. The number of nitrogens with zero attached hydrogens (tertiary/aromatic N) is 3. The quantitative estimate of drug-likeness (QED) is 0.433. The van der Waals surface area contributed by atoms with E-state index in [9.17, 15) is 22.4 Å². The third kappa shape index (κ3) is 4.13. The van der Waals surface area contributed by atoms with Crippen molar-refractivity contribution in [2.45, 2.75) is 32.6 Å². The van der Waals surface area contributed by atoms with Crippen molar-refractivity contribution in [1.29, 1.82) is 0 Å². The molecule has 9 heteroatoms. The lowest BCUT2D eigenvalue weighted by molar-refractivity contribution is 0.0133. The second kappa shape index (κ2) is 7.57. The standard InChI is InChI=1S/C19H17F4N3O2/c1-3-28-15-8-17-25-16(19(2,22)23)10-26(17)9-11(15)7-14(27)12-5-4-6-13(24-12)18(20)21/h4-6,8-10,18H,3,7H2,1-2H3. The van der Waals surface area contributed by atoms with Gasteiger partial charge in [0.25, 0.3) is 12.3 Å². The van der Waals surface area contributed by atoms with Crippen LogP contribution in [-0.4, -0.2) is 26.8 Å². The van der Waals surface area contributed by atoms with Gasteiger partial charge in [-0.25, -0.2) is 18.7 Å². The fourth-order valence-electron chi connectivity index (χ4n) is 2.69. The van der Waals surface area contributed by atoms with E-state index in [1.54, 1.807) is 6.92 Å². The predicted molar refractivity (Wildman–Crippen MR) is 93.2 cm³/mol. The zero-order valence-corrected chi connectivity index (χ0v) is 15.1. The van der Waals surface area contributed by atoms with Crippen LogP contribution in [-0.2, 0) is 12.3 Å². The average Bonchev–Trinajstić information content (AvgIpc) is 3.05. The van der Waals surface area contributed by atoms with E-state index >= 15 is 0 Å². The molecule has 3 aromatic heterocycles. The molecule has 0 aromatic carbocycles. The lowest BCUT2D eigenvalue weighted by Crippen LogP contribution is -2.10. The van der Waals surface area contributed by atoms with Crippen LogP contribution in [0.3, 0.4) is 0 Å². The molecule has 0 aliphatic heterocycles. The van der Waals surface area contributed by atoms with Gasteiger partial charge in [-0.2, -0.15) is 8.78 Å². The monoisotopic (exact) mass is 395 g/mol. The molecule has 3 rings (SSSR count). The Hall–Kier alpha value is -2.97. The normalized spacial score (nSPS) is 12.0. The first-order chi connectivity index (χ1) is 13.2. The zero-order valence-electron chi connectivity index (χ0n) is 15.1. The Kier molecular flexibility index (Phi) is 5.35. The molecule has 0 radical (unpaired) electrons. The number of hydrogen-bond donors (Lipinski definition) is 0. The van der Waals surface area contributed by atoms with E-state index in [1.165, 1.54) is 35.0 Å². The van der Waals surface area contributed by atoms with Crippen molar-refractivity contribution in [2.24, 2.45) is 0 Å². The first kappa shape index (κ1) is 19.8. The van der Waals surface area contributed by atoms with Crippen molar-refractivity contribution in [2.75, 3.05) is 6.61 Å². The van der Waals surface area contributed by atoms with Gasteiger partial charge in [-0.1, -0.05) is 6.07 Å². The maximum atomic E-state index is 13.5. The number of ether oxygens (including phenoxy) is 1. The van der Waals surface area contributed by atoms with E-state index in [1.807, 2.05) is 0 Å². The molecule has 28 heavy (non-hydrogen) atoms. The van der Waals surface area contributed by atoms with E-state index in [0.29, 0.717) is 11.3 Å². The Morgan fingerprint density at radius 3 is 2.64 bits per heavy atom. The molecular weight excluding hydrogens is 378 g/mol. The summed E-state index contributed by atoms with van der Waals surface area (Å²) in [5.74, 6) is -3.30. The summed E-state index contributed by atoms with van der Waals surface area (Å²) in [5, 5.41) is 0. The topological polar surface area (TPSA) is 56.5 Å². The Balaban J connectivity index is 1.97. The fourth-order valence-corrected chi connectivity index (χ4v) is 2.69. The highest BCUT2D eigenvalue weighted by Gasteiger charge is 2.28. The van der Waals surface area contributed by atoms with E-state index < -0.39 is 29.5 Å². The van der Waals surface area contributed by atoms with Crippen LogP contribution in [0.25, 0.3) is 5.65 Å². The molecule has 3 aromatic rings. The Labute approximate surface area is 158 Å². The number of ketones is 1. The van der Waals surface area contributed by atoms with E-state index in [2.05, 4.69) is 9.97 Å². The smallest absolute Gasteiger partial charge is 0.288 e. The van der Waals surface area contributed by atoms with Crippen molar-refractivity contribution in [3.8, 4) is 5.75 Å². The molecule has 3 heterocycles. The second-order valence-corrected chi connectivity index (χ2v) is 6.22. The number of alkyl halides is 4. The Morgan fingerprint density at radius 2 is 2.00 bits per heavy atom. The number of carbonyl (C=O) groups excluding carboxylic acids is 1. The number of pyridine rings is 2. The number of halogens is 4. The minimum atomic E-state index is -3.12. The van der Waals surface area contributed by atoms with Gasteiger partial charge in [-0.15, -0.1) is 0 Å². The molecule has 0 N–H and O–H groups in total. The van der Waals surface area contributed by atoms with Gasteiger partial charge in [0.2, 0.25) is 0 Å². The maximum Gasteiger partial charge on any atom is 0.288 e. The first-order valence-electron chi connectivity index (χ1n) is 8.50. The number of Topliss-reactive ketones (excluding diaryl/α,β-unsaturated/α-hetero) is 1. The van der Waals surface area contributed by atoms with Crippen LogP contribution >= 0.6 is 0 Å². The number of hydrogen-bond acceptors (Lipinski definition) is 4. The molecule has 0 amide bonds. The third-order valence-electron chi connectivity index (χ3n) is 4.01. The molecule has 5 nitrogen and oxygen atoms in total. The highest BCUT2D eigenvalue weighted by Crippen LogP contribution is 2.29. The van der Waals surface area contributed by atoms with Gasteiger partial charge in [-0.3, -0.25) is 4.79 Å². The summed E-state index contributed by atoms with van der Waals surface area (Å²) in [4.78, 5) is 20.1. The summed E-state index contributed by atoms with van der Waals surface area (Å²) in [7, 11) is 0. The summed E-state index contributed by atoms with van der Waals surface area (Å²) >= 11 is 0. The predicted octanol–water partition coefficient (Wildman–Crippen LogP) is 4.60. The lowest BCUT2D eigenvalue weighted by Gasteiger charge is -2.11. The van der Waals surface area contributed by atoms with Gasteiger partial charge in [0.1, 0.15) is 28.5 Å². The minimum Gasteiger partial charge on any atom is -0.493 e. The summed E-state index contributed by atoms with van der Waals surface area (Å²) in [6, 6.07) is 5.28. The number of aromatic nitrogens is 3. The molecule has 0 spiro atoms. The van der Waals surface area contributed by atoms with E-state index in [4.69, 9.17) is 4.74 Å². The van der Waals surface area contributed by atoms with Gasteiger partial charge >= 0.3 is 0 Å². The van der Waals surface area contributed by atoms with Crippen LogP contribution in [0.1, 0.15) is 47.7 Å². The van der Waals surface area contributed by atoms with Gasteiger partial charge in [-0.05, 0) is 19.1 Å². The van der Waals surface area contributed by atoms with Crippen molar-refractivity contribution in [3.05, 3.63) is 59.3 Å². The van der Waals surface area contributed by atoms with Crippen LogP contribution in [0.2, 0.25) is 0 Å². The number of rotatable bonds is 7. The SMILES string of the molecule is CCOc1cc2nc(C(C)(F)F)cn2cc1CC(=O)c1cccc(C(F)F)n1. The van der Waals surface area contributed by atoms with Gasteiger partial charge in [0.15, 0.2) is 5.78 Å². The van der Waals surface area contributed by atoms with Crippen LogP contribution in [0, 0.1) is 0 Å². The molecule has 0 unspecified atom stereocenters. The van der Waals surface area contributed by atoms with Crippen LogP contribution < -0.4 is 4.74 Å². The van der Waals surface area contributed by atoms with Crippen molar-refractivity contribution in [3.63, 3.8) is 0 Å². The highest BCUT2D eigenvalue weighted by molar-refractivity contribution is 5.96. The molecule has 0 aliphatic carbocycles. The Morgan fingerprint density at radius 1 is 1.25 bits per heavy atom. The van der Waals surface area contributed by atoms with E-state index in [-0.39, 0.29) is 24.4 Å². The zero-order chi connectivity index (χ0) is 20.5. The minimum absolute atomic E-state index is 0.105. The van der Waals surface area contributed by atoms with Crippen LogP contribution in [0.15, 0.2) is 36.7 Å². The Bertz CT molecular complexity index is 1010. The van der Waals surface area contributed by atoms with Crippen LogP contribution in [0.5, 0.6) is 5.75 Å². The highest BCUT2D eigenvalue weighted by atomic mass is 19.3. The maximum absolute atomic E-state index is 13.5. The number of imidazole rings is 1. The van der Waals surface area contributed by atoms with Crippen molar-refractivity contribution < 1.29 is 27.1 Å². The molecule has 0 bridgehead atoms. The summed E-state index contributed by atoms with van der Waals surface area (Å²) in [6.45, 7) is 2.76. The second-order valence-electron chi connectivity index (χ2n) is 6.22. The summed E-state index contributed by atoms with van der Waals surface area (Å²) in [5.41, 5.74) is -0.354. The van der Waals surface area contributed by atoms with Gasteiger partial charge in [0.05, 0.1) is 6.61 Å².